The largest absolute Gasteiger partial charge is 0.497 e. The molecule has 1 heterocycles. The molecule has 1 aromatic heterocycles. The Morgan fingerprint density at radius 2 is 1.69 bits per heavy atom. The second-order valence-electron chi connectivity index (χ2n) is 8.23. The highest BCUT2D eigenvalue weighted by molar-refractivity contribution is 6.15. The maximum Gasteiger partial charge on any atom is 0.200 e. The van der Waals surface area contributed by atoms with Gasteiger partial charge < -0.3 is 19.8 Å². The predicted octanol–water partition coefficient (Wildman–Crippen LogP) is 5.93. The molecule has 0 spiro atoms. The molecule has 0 radical (unpaired) electrons. The van der Waals surface area contributed by atoms with Crippen molar-refractivity contribution in [1.29, 1.82) is 0 Å². The van der Waals surface area contributed by atoms with Gasteiger partial charge in [0.05, 0.1) is 23.9 Å². The Bertz CT molecular complexity index is 1540. The van der Waals surface area contributed by atoms with Crippen LogP contribution in [0.25, 0.3) is 32.7 Å². The number of nitrogens with two attached hydrogens (primary N) is 1. The van der Waals surface area contributed by atoms with Crippen molar-refractivity contribution in [1.82, 2.24) is 0 Å². The first-order chi connectivity index (χ1) is 15.6. The summed E-state index contributed by atoms with van der Waals surface area (Å²) in [5.74, 6) is 1.11. The second kappa shape index (κ2) is 7.02. The van der Waals surface area contributed by atoms with Crippen molar-refractivity contribution in [3.05, 3.63) is 77.9 Å². The maximum atomic E-state index is 6.56. The fourth-order valence-electron chi connectivity index (χ4n) is 4.84. The molecule has 0 bridgehead atoms. The fourth-order valence-corrected chi connectivity index (χ4v) is 4.84. The first-order valence-corrected chi connectivity index (χ1v) is 10.7. The van der Waals surface area contributed by atoms with E-state index in [4.69, 9.17) is 19.9 Å². The van der Waals surface area contributed by atoms with Crippen molar-refractivity contribution in [2.24, 2.45) is 10.7 Å². The number of hydrogen-bond acceptors (Lipinski definition) is 3. The van der Waals surface area contributed by atoms with Gasteiger partial charge in [0, 0.05) is 30.0 Å². The monoisotopic (exact) mass is 421 g/mol. The minimum Gasteiger partial charge on any atom is -0.497 e. The van der Waals surface area contributed by atoms with Crippen molar-refractivity contribution >= 4 is 50.0 Å². The molecule has 0 saturated heterocycles. The van der Waals surface area contributed by atoms with E-state index < -0.39 is 0 Å². The van der Waals surface area contributed by atoms with Crippen molar-refractivity contribution in [3.63, 3.8) is 0 Å². The third-order valence-electron chi connectivity index (χ3n) is 6.46. The molecule has 6 rings (SSSR count). The van der Waals surface area contributed by atoms with E-state index in [0.717, 1.165) is 51.5 Å². The number of fused-ring (bicyclic) bond motifs is 3. The molecule has 158 valence electrons. The summed E-state index contributed by atoms with van der Waals surface area (Å²) in [6.45, 7) is 0. The first kappa shape index (κ1) is 18.8. The van der Waals surface area contributed by atoms with Crippen molar-refractivity contribution in [3.8, 4) is 5.75 Å². The third kappa shape index (κ3) is 2.74. The lowest BCUT2D eigenvalue weighted by molar-refractivity contribution is 0.415. The number of furan rings is 1. The Morgan fingerprint density at radius 3 is 2.53 bits per heavy atom. The van der Waals surface area contributed by atoms with Gasteiger partial charge in [-0.25, -0.2) is 4.99 Å². The second-order valence-corrected chi connectivity index (χ2v) is 8.23. The molecule has 0 fully saturated rings. The maximum absolute atomic E-state index is 6.56. The Kier molecular flexibility index (Phi) is 4.12. The summed E-state index contributed by atoms with van der Waals surface area (Å²) in [4.78, 5) is 6.75. The minimum absolute atomic E-state index is 0.406. The summed E-state index contributed by atoms with van der Waals surface area (Å²) < 4.78 is 11.6. The molecule has 5 heteroatoms. The van der Waals surface area contributed by atoms with Crippen LogP contribution in [0.2, 0.25) is 0 Å². The summed E-state index contributed by atoms with van der Waals surface area (Å²) >= 11 is 0. The smallest absolute Gasteiger partial charge is 0.200 e. The number of benzene rings is 4. The zero-order valence-corrected chi connectivity index (χ0v) is 18.1. The van der Waals surface area contributed by atoms with Crippen molar-refractivity contribution in [2.75, 3.05) is 19.1 Å². The van der Waals surface area contributed by atoms with E-state index in [2.05, 4.69) is 36.4 Å². The standard InChI is InChI=1S/C27H23N3O2/c1-30(22-14-18(31-2)15-24-26(22)20-7-3-4-9-23(20)32-24)27(28)29-21-13-12-17-11-10-16-6-5-8-19(21)25(16)17/h3-9,12-15H,10-11H2,1-2H3,(H2,28,29). The lowest BCUT2D eigenvalue weighted by atomic mass is 10.0. The van der Waals surface area contributed by atoms with E-state index in [0.29, 0.717) is 11.7 Å². The van der Waals surface area contributed by atoms with Crippen LogP contribution in [0.5, 0.6) is 5.75 Å². The van der Waals surface area contributed by atoms with E-state index in [1.807, 2.05) is 42.3 Å². The highest BCUT2D eigenvalue weighted by atomic mass is 16.5. The molecular weight excluding hydrogens is 398 g/mol. The van der Waals surface area contributed by atoms with Crippen LogP contribution in [0.1, 0.15) is 11.1 Å². The number of ether oxygens (including phenoxy) is 1. The molecule has 2 N–H and O–H groups in total. The molecule has 0 atom stereocenters. The predicted molar refractivity (Wildman–Crippen MR) is 131 cm³/mol. The number of hydrogen-bond donors (Lipinski definition) is 1. The van der Waals surface area contributed by atoms with Gasteiger partial charge >= 0.3 is 0 Å². The van der Waals surface area contributed by atoms with Gasteiger partial charge in [-0.3, -0.25) is 0 Å². The van der Waals surface area contributed by atoms with E-state index in [-0.39, 0.29) is 0 Å². The number of methoxy groups -OCH3 is 1. The third-order valence-corrected chi connectivity index (χ3v) is 6.46. The lowest BCUT2D eigenvalue weighted by Crippen LogP contribution is -2.33. The Labute approximate surface area is 185 Å². The molecule has 1 aliphatic carbocycles. The van der Waals surface area contributed by atoms with Gasteiger partial charge in [0.15, 0.2) is 0 Å². The molecule has 0 saturated carbocycles. The van der Waals surface area contributed by atoms with Crippen LogP contribution in [0.4, 0.5) is 11.4 Å². The summed E-state index contributed by atoms with van der Waals surface area (Å²) in [6.07, 6.45) is 2.18. The molecule has 4 aromatic carbocycles. The number of aryl methyl sites for hydroxylation is 2. The average Bonchev–Trinajstić information content (AvgIpc) is 3.42. The highest BCUT2D eigenvalue weighted by Crippen LogP contribution is 2.40. The van der Waals surface area contributed by atoms with Gasteiger partial charge in [-0.05, 0) is 41.5 Å². The summed E-state index contributed by atoms with van der Waals surface area (Å²) in [5.41, 5.74) is 12.7. The van der Waals surface area contributed by atoms with Crippen LogP contribution in [0.15, 0.2) is 76.1 Å². The number of nitrogens with zero attached hydrogens (tertiary/aromatic N) is 2. The number of anilines is 1. The number of para-hydroxylation sites is 1. The average molecular weight is 422 g/mol. The van der Waals surface area contributed by atoms with Crippen molar-refractivity contribution in [2.45, 2.75) is 12.8 Å². The number of guanidine groups is 1. The minimum atomic E-state index is 0.406. The van der Waals surface area contributed by atoms with Gasteiger partial charge in [-0.2, -0.15) is 0 Å². The van der Waals surface area contributed by atoms with Gasteiger partial charge in [0.25, 0.3) is 0 Å². The molecule has 1 aliphatic rings. The number of aliphatic imine (C=N–C) groups is 1. The Morgan fingerprint density at radius 1 is 0.906 bits per heavy atom. The van der Waals surface area contributed by atoms with Crippen LogP contribution in [-0.4, -0.2) is 20.1 Å². The molecule has 5 aromatic rings. The molecular formula is C27H23N3O2. The Hall–Kier alpha value is -3.99. The van der Waals surface area contributed by atoms with Gasteiger partial charge in [0.1, 0.15) is 16.9 Å². The molecule has 0 unspecified atom stereocenters. The van der Waals surface area contributed by atoms with Gasteiger partial charge in [-0.1, -0.05) is 42.5 Å². The zero-order valence-electron chi connectivity index (χ0n) is 18.1. The van der Waals surface area contributed by atoms with Crippen LogP contribution < -0.4 is 15.4 Å². The summed E-state index contributed by atoms with van der Waals surface area (Å²) in [7, 11) is 3.58. The molecule has 0 amide bonds. The van der Waals surface area contributed by atoms with Crippen LogP contribution >= 0.6 is 0 Å². The Balaban J connectivity index is 1.52. The molecule has 32 heavy (non-hydrogen) atoms. The van der Waals surface area contributed by atoms with Gasteiger partial charge in [0.2, 0.25) is 5.96 Å². The lowest BCUT2D eigenvalue weighted by Gasteiger charge is -2.20. The van der Waals surface area contributed by atoms with Gasteiger partial charge in [-0.15, -0.1) is 0 Å². The molecule has 0 aliphatic heterocycles. The van der Waals surface area contributed by atoms with Crippen LogP contribution in [-0.2, 0) is 12.8 Å². The quantitative estimate of drug-likeness (QED) is 0.290. The normalized spacial score (nSPS) is 13.4. The first-order valence-electron chi connectivity index (χ1n) is 10.7. The van der Waals surface area contributed by atoms with E-state index in [9.17, 15) is 0 Å². The van der Waals surface area contributed by atoms with Crippen molar-refractivity contribution < 1.29 is 9.15 Å². The van der Waals surface area contributed by atoms with Crippen LogP contribution in [0, 0.1) is 0 Å². The van der Waals surface area contributed by atoms with Crippen LogP contribution in [0.3, 0.4) is 0 Å². The summed E-state index contributed by atoms with van der Waals surface area (Å²) in [5, 5.41) is 4.50. The number of rotatable bonds is 3. The topological polar surface area (TPSA) is 64.0 Å². The molecule has 5 nitrogen and oxygen atoms in total. The van der Waals surface area contributed by atoms with E-state index >= 15 is 0 Å². The SMILES string of the molecule is COc1cc(N(C)C(N)=Nc2ccc3c4c(cccc24)CC3)c2c(c1)oc1ccccc12. The van der Waals surface area contributed by atoms with E-state index in [1.165, 1.54) is 16.5 Å². The zero-order chi connectivity index (χ0) is 21.8. The fraction of sp³-hybridized carbons (Fsp3) is 0.148. The highest BCUT2D eigenvalue weighted by Gasteiger charge is 2.19. The summed E-state index contributed by atoms with van der Waals surface area (Å²) in [6, 6.07) is 22.6. The van der Waals surface area contributed by atoms with E-state index in [1.54, 1.807) is 7.11 Å².